The summed E-state index contributed by atoms with van der Waals surface area (Å²) in [5.41, 5.74) is 2.29. The average Bonchev–Trinajstić information content (AvgIpc) is 2.79. The molecule has 27 heavy (non-hydrogen) atoms. The van der Waals surface area contributed by atoms with Crippen LogP contribution in [0.4, 0.5) is 15.8 Å². The Kier molecular flexibility index (Phi) is 5.90. The molecule has 0 aliphatic carbocycles. The van der Waals surface area contributed by atoms with Crippen LogP contribution < -0.4 is 20.3 Å². The molecule has 1 aliphatic heterocycles. The van der Waals surface area contributed by atoms with Gasteiger partial charge < -0.3 is 20.3 Å². The summed E-state index contributed by atoms with van der Waals surface area (Å²) in [7, 11) is 0. The number of hydrogen-bond donors (Lipinski definition) is 2. The summed E-state index contributed by atoms with van der Waals surface area (Å²) in [6.45, 7) is 3.51. The molecule has 2 aromatic rings. The smallest absolute Gasteiger partial charge is 0.257 e. The molecule has 2 aromatic carbocycles. The van der Waals surface area contributed by atoms with Crippen molar-refractivity contribution in [1.29, 1.82) is 0 Å². The molecule has 0 spiro atoms. The van der Waals surface area contributed by atoms with E-state index in [-0.39, 0.29) is 24.2 Å². The Hall–Kier alpha value is -3.09. The number of nitrogens with zero attached hydrogens (tertiary/aromatic N) is 1. The van der Waals surface area contributed by atoms with Crippen LogP contribution in [-0.2, 0) is 16.1 Å². The fourth-order valence-electron chi connectivity index (χ4n) is 2.93. The topological polar surface area (TPSA) is 70.7 Å². The van der Waals surface area contributed by atoms with E-state index in [9.17, 15) is 14.0 Å². The lowest BCUT2D eigenvalue weighted by Crippen LogP contribution is -2.28. The third-order valence-corrected chi connectivity index (χ3v) is 4.22. The van der Waals surface area contributed by atoms with Gasteiger partial charge in [0.15, 0.2) is 6.61 Å². The quantitative estimate of drug-likeness (QED) is 0.819. The molecule has 0 aromatic heterocycles. The highest BCUT2D eigenvalue weighted by molar-refractivity contribution is 5.96. The van der Waals surface area contributed by atoms with Gasteiger partial charge in [-0.25, -0.2) is 4.39 Å². The van der Waals surface area contributed by atoms with Crippen molar-refractivity contribution in [2.45, 2.75) is 19.9 Å². The first-order valence-corrected chi connectivity index (χ1v) is 8.88. The van der Waals surface area contributed by atoms with Gasteiger partial charge in [0.1, 0.15) is 11.6 Å². The second-order valence-electron chi connectivity index (χ2n) is 6.27. The maximum Gasteiger partial charge on any atom is 0.257 e. The highest BCUT2D eigenvalue weighted by atomic mass is 19.1. The molecule has 3 rings (SSSR count). The normalized spacial score (nSPS) is 13.4. The van der Waals surface area contributed by atoms with Gasteiger partial charge in [0.25, 0.3) is 5.91 Å². The molecular formula is C20H22FN3O3. The van der Waals surface area contributed by atoms with E-state index in [1.165, 1.54) is 12.1 Å². The number of carbonyl (C=O) groups is 2. The van der Waals surface area contributed by atoms with Crippen molar-refractivity contribution in [3.05, 3.63) is 53.8 Å². The first kappa shape index (κ1) is 18.7. The van der Waals surface area contributed by atoms with Crippen molar-refractivity contribution in [2.75, 3.05) is 29.9 Å². The molecule has 6 nitrogen and oxygen atoms in total. The van der Waals surface area contributed by atoms with E-state index in [0.717, 1.165) is 11.3 Å². The molecule has 0 saturated heterocycles. The molecule has 2 N–H and O–H groups in total. The van der Waals surface area contributed by atoms with E-state index >= 15 is 0 Å². The molecule has 0 fully saturated rings. The zero-order valence-corrected chi connectivity index (χ0v) is 15.1. The van der Waals surface area contributed by atoms with Gasteiger partial charge in [-0.2, -0.15) is 0 Å². The van der Waals surface area contributed by atoms with Crippen molar-refractivity contribution in [3.63, 3.8) is 0 Å². The highest BCUT2D eigenvalue weighted by Crippen LogP contribution is 2.30. The van der Waals surface area contributed by atoms with Crippen LogP contribution >= 0.6 is 0 Å². The minimum absolute atomic E-state index is 0.0218. The molecule has 1 aliphatic rings. The molecular weight excluding hydrogens is 349 g/mol. The van der Waals surface area contributed by atoms with Crippen molar-refractivity contribution >= 4 is 23.2 Å². The Morgan fingerprint density at radius 1 is 1.26 bits per heavy atom. The van der Waals surface area contributed by atoms with E-state index in [1.807, 2.05) is 24.0 Å². The number of halogens is 1. The Morgan fingerprint density at radius 3 is 2.78 bits per heavy atom. The fourth-order valence-corrected chi connectivity index (χ4v) is 2.93. The van der Waals surface area contributed by atoms with Crippen LogP contribution in [0.25, 0.3) is 0 Å². The molecule has 0 bridgehead atoms. The summed E-state index contributed by atoms with van der Waals surface area (Å²) in [6, 6.07) is 11.8. The number of benzene rings is 2. The predicted molar refractivity (Wildman–Crippen MR) is 101 cm³/mol. The van der Waals surface area contributed by atoms with Gasteiger partial charge in [0, 0.05) is 26.1 Å². The van der Waals surface area contributed by atoms with Gasteiger partial charge in [-0.05, 0) is 42.8 Å². The summed E-state index contributed by atoms with van der Waals surface area (Å²) < 4.78 is 19.0. The van der Waals surface area contributed by atoms with E-state index in [0.29, 0.717) is 37.5 Å². The van der Waals surface area contributed by atoms with Crippen LogP contribution in [0.1, 0.15) is 18.9 Å². The third-order valence-electron chi connectivity index (χ3n) is 4.22. The first-order chi connectivity index (χ1) is 13.0. The van der Waals surface area contributed by atoms with Crippen molar-refractivity contribution in [2.24, 2.45) is 0 Å². The van der Waals surface area contributed by atoms with E-state index in [4.69, 9.17) is 4.74 Å². The minimum Gasteiger partial charge on any atom is -0.484 e. The predicted octanol–water partition coefficient (Wildman–Crippen LogP) is 2.69. The summed E-state index contributed by atoms with van der Waals surface area (Å²) in [5, 5.41) is 5.42. The SMILES string of the molecule is CCNC(=O)COc1ccc(CN2CCC(=O)Nc3cc(F)ccc32)cc1. The molecule has 2 amide bonds. The number of anilines is 2. The first-order valence-electron chi connectivity index (χ1n) is 8.88. The maximum absolute atomic E-state index is 13.5. The van der Waals surface area contributed by atoms with E-state index in [2.05, 4.69) is 10.6 Å². The number of ether oxygens (including phenoxy) is 1. The van der Waals surface area contributed by atoms with Gasteiger partial charge >= 0.3 is 0 Å². The number of likely N-dealkylation sites (N-methyl/N-ethyl adjacent to an activating group) is 1. The van der Waals surface area contributed by atoms with Crippen LogP contribution in [0.2, 0.25) is 0 Å². The molecule has 7 heteroatoms. The number of rotatable bonds is 6. The monoisotopic (exact) mass is 371 g/mol. The Labute approximate surface area is 157 Å². The van der Waals surface area contributed by atoms with Crippen molar-refractivity contribution in [3.8, 4) is 5.75 Å². The van der Waals surface area contributed by atoms with Crippen LogP contribution in [-0.4, -0.2) is 31.5 Å². The summed E-state index contributed by atoms with van der Waals surface area (Å²) >= 11 is 0. The Bertz CT molecular complexity index is 824. The standard InChI is InChI=1S/C20H22FN3O3/c1-2-22-20(26)13-27-16-6-3-14(4-7-16)12-24-10-9-19(25)23-17-11-15(21)5-8-18(17)24/h3-8,11H,2,9-10,12-13H2,1H3,(H,22,26)(H,23,25). The Balaban J connectivity index is 1.68. The molecule has 1 heterocycles. The van der Waals surface area contributed by atoms with Gasteiger partial charge in [0.2, 0.25) is 5.91 Å². The second-order valence-corrected chi connectivity index (χ2v) is 6.27. The van der Waals surface area contributed by atoms with Crippen LogP contribution in [0.3, 0.4) is 0 Å². The van der Waals surface area contributed by atoms with E-state index < -0.39 is 0 Å². The largest absolute Gasteiger partial charge is 0.484 e. The van der Waals surface area contributed by atoms with Gasteiger partial charge in [0.05, 0.1) is 11.4 Å². The van der Waals surface area contributed by atoms with Crippen molar-refractivity contribution < 1.29 is 18.7 Å². The molecule has 0 saturated carbocycles. The molecule has 142 valence electrons. The average molecular weight is 371 g/mol. The van der Waals surface area contributed by atoms with Crippen molar-refractivity contribution in [1.82, 2.24) is 5.32 Å². The summed E-state index contributed by atoms with van der Waals surface area (Å²) in [5.74, 6) is -0.0599. The highest BCUT2D eigenvalue weighted by Gasteiger charge is 2.19. The van der Waals surface area contributed by atoms with Crippen LogP contribution in [0, 0.1) is 5.82 Å². The van der Waals surface area contributed by atoms with Gasteiger partial charge in [-0.15, -0.1) is 0 Å². The summed E-state index contributed by atoms with van der Waals surface area (Å²) in [4.78, 5) is 25.3. The number of amides is 2. The molecule has 0 radical (unpaired) electrons. The lowest BCUT2D eigenvalue weighted by molar-refractivity contribution is -0.123. The maximum atomic E-state index is 13.5. The van der Waals surface area contributed by atoms with Crippen LogP contribution in [0.5, 0.6) is 5.75 Å². The fraction of sp³-hybridized carbons (Fsp3) is 0.300. The lowest BCUT2D eigenvalue weighted by Gasteiger charge is -2.24. The third kappa shape index (κ3) is 4.97. The Morgan fingerprint density at radius 2 is 2.04 bits per heavy atom. The van der Waals surface area contributed by atoms with Gasteiger partial charge in [-0.3, -0.25) is 9.59 Å². The van der Waals surface area contributed by atoms with Crippen LogP contribution in [0.15, 0.2) is 42.5 Å². The number of hydrogen-bond acceptors (Lipinski definition) is 4. The van der Waals surface area contributed by atoms with E-state index in [1.54, 1.807) is 18.2 Å². The minimum atomic E-state index is -0.385. The number of nitrogens with one attached hydrogen (secondary N) is 2. The van der Waals surface area contributed by atoms with Gasteiger partial charge in [-0.1, -0.05) is 12.1 Å². The lowest BCUT2D eigenvalue weighted by atomic mass is 10.1. The number of fused-ring (bicyclic) bond motifs is 1. The number of carbonyl (C=O) groups excluding carboxylic acids is 2. The molecule has 0 unspecified atom stereocenters. The molecule has 0 atom stereocenters. The zero-order chi connectivity index (χ0) is 19.2. The summed E-state index contributed by atoms with van der Waals surface area (Å²) in [6.07, 6.45) is 0.337. The zero-order valence-electron chi connectivity index (χ0n) is 15.1. The second kappa shape index (κ2) is 8.53.